The number of aromatic nitrogens is 1. The molecule has 1 rings (SSSR count). The Kier molecular flexibility index (Phi) is 1.68. The molecule has 2 nitrogen and oxygen atoms in total. The number of hydrogen-bond acceptors (Lipinski definition) is 2. The average molecular weight is 127 g/mol. The summed E-state index contributed by atoms with van der Waals surface area (Å²) in [5.41, 5.74) is 0.943. The van der Waals surface area contributed by atoms with E-state index >= 15 is 0 Å². The van der Waals surface area contributed by atoms with Gasteiger partial charge >= 0.3 is 0 Å². The maximum atomic E-state index is 8.34. The van der Waals surface area contributed by atoms with Crippen molar-refractivity contribution in [2.24, 2.45) is 0 Å². The van der Waals surface area contributed by atoms with Gasteiger partial charge in [-0.15, -0.1) is 0 Å². The fraction of sp³-hybridized carbons (Fsp3) is 0. The summed E-state index contributed by atoms with van der Waals surface area (Å²) in [6.45, 7) is 0. The number of nitriles is 1. The van der Waals surface area contributed by atoms with Crippen molar-refractivity contribution in [2.75, 3.05) is 0 Å². The molecule has 0 bridgehead atoms. The minimum atomic E-state index is 0.444. The van der Waals surface area contributed by atoms with Crippen LogP contribution in [0.15, 0.2) is 18.3 Å². The molecule has 0 amide bonds. The van der Waals surface area contributed by atoms with Crippen LogP contribution in [0.3, 0.4) is 0 Å². The zero-order valence-electron chi connectivity index (χ0n) is 5.13. The van der Waals surface area contributed by atoms with Crippen LogP contribution in [0.5, 0.6) is 0 Å². The summed E-state index contributed by atoms with van der Waals surface area (Å²) < 4.78 is 0. The fourth-order valence-electron chi connectivity index (χ4n) is 0.534. The molecule has 0 fully saturated rings. The Morgan fingerprint density at radius 2 is 2.30 bits per heavy atom. The molecule has 0 unspecified atom stereocenters. The summed E-state index contributed by atoms with van der Waals surface area (Å²) in [7, 11) is 0. The molecule has 0 aliphatic heterocycles. The molecule has 0 saturated carbocycles. The van der Waals surface area contributed by atoms with E-state index in [-0.39, 0.29) is 0 Å². The van der Waals surface area contributed by atoms with Gasteiger partial charge in [0, 0.05) is 6.20 Å². The highest BCUT2D eigenvalue weighted by atomic mass is 14.7. The molecule has 1 aromatic heterocycles. The average Bonchev–Trinajstić information content (AvgIpc) is 2.05. The number of hydrogen-bond donors (Lipinski definition) is 0. The van der Waals surface area contributed by atoms with Crippen molar-refractivity contribution in [1.82, 2.24) is 4.98 Å². The second-order valence-corrected chi connectivity index (χ2v) is 1.67. The number of pyridine rings is 1. The zero-order valence-corrected chi connectivity index (χ0v) is 5.13. The molecular formula is C8H3N2. The van der Waals surface area contributed by atoms with Gasteiger partial charge in [0.2, 0.25) is 0 Å². The minimum Gasteiger partial charge on any atom is -0.246 e. The molecule has 0 N–H and O–H groups in total. The highest BCUT2D eigenvalue weighted by Gasteiger charge is 1.88. The third kappa shape index (κ3) is 1.13. The second-order valence-electron chi connectivity index (χ2n) is 1.67. The lowest BCUT2D eigenvalue weighted by atomic mass is 10.3. The summed E-state index contributed by atoms with van der Waals surface area (Å²) in [4.78, 5) is 3.75. The van der Waals surface area contributed by atoms with Gasteiger partial charge in [-0.2, -0.15) is 5.26 Å². The highest BCUT2D eigenvalue weighted by molar-refractivity contribution is 5.30. The SMILES string of the molecule is [C]#Cc1ccc(C#N)cn1. The fourth-order valence-corrected chi connectivity index (χ4v) is 0.534. The Morgan fingerprint density at radius 3 is 2.70 bits per heavy atom. The van der Waals surface area contributed by atoms with Crippen molar-refractivity contribution >= 4 is 0 Å². The van der Waals surface area contributed by atoms with Crippen LogP contribution >= 0.6 is 0 Å². The predicted octanol–water partition coefficient (Wildman–Crippen LogP) is 0.891. The van der Waals surface area contributed by atoms with E-state index in [4.69, 9.17) is 11.7 Å². The molecule has 0 aromatic carbocycles. The first-order valence-electron chi connectivity index (χ1n) is 2.65. The lowest BCUT2D eigenvalue weighted by molar-refractivity contribution is 1.27. The Morgan fingerprint density at radius 1 is 1.50 bits per heavy atom. The number of rotatable bonds is 0. The van der Waals surface area contributed by atoms with Gasteiger partial charge in [0.05, 0.1) is 5.56 Å². The number of nitrogens with zero attached hydrogens (tertiary/aromatic N) is 2. The van der Waals surface area contributed by atoms with Crippen LogP contribution in [0, 0.1) is 23.7 Å². The first-order chi connectivity index (χ1) is 4.86. The third-order valence-corrected chi connectivity index (χ3v) is 1.02. The van der Waals surface area contributed by atoms with Crippen LogP contribution in [-0.2, 0) is 0 Å². The Labute approximate surface area is 59.1 Å². The largest absolute Gasteiger partial charge is 0.246 e. The van der Waals surface area contributed by atoms with Crippen molar-refractivity contribution in [3.05, 3.63) is 36.0 Å². The van der Waals surface area contributed by atoms with Crippen molar-refractivity contribution in [2.45, 2.75) is 0 Å². The quantitative estimate of drug-likeness (QED) is 0.485. The van der Waals surface area contributed by atoms with Crippen LogP contribution in [-0.4, -0.2) is 4.98 Å². The lowest BCUT2D eigenvalue weighted by Crippen LogP contribution is -1.81. The third-order valence-electron chi connectivity index (χ3n) is 1.02. The van der Waals surface area contributed by atoms with Gasteiger partial charge in [0.1, 0.15) is 11.8 Å². The molecule has 0 aliphatic carbocycles. The maximum Gasteiger partial charge on any atom is 0.114 e. The Hall–Kier alpha value is -1.80. The minimum absolute atomic E-state index is 0.444. The summed E-state index contributed by atoms with van der Waals surface area (Å²) in [5, 5.41) is 8.34. The molecule has 45 valence electrons. The first kappa shape index (κ1) is 6.32. The molecule has 1 aromatic rings. The lowest BCUT2D eigenvalue weighted by Gasteiger charge is -1.86. The van der Waals surface area contributed by atoms with E-state index < -0.39 is 0 Å². The van der Waals surface area contributed by atoms with Gasteiger partial charge in [0.15, 0.2) is 0 Å². The van der Waals surface area contributed by atoms with E-state index in [1.807, 2.05) is 6.07 Å². The maximum absolute atomic E-state index is 8.34. The summed E-state index contributed by atoms with van der Waals surface area (Å²) in [6.07, 6.45) is 8.09. The molecule has 0 saturated heterocycles. The normalized spacial score (nSPS) is 7.80. The molecule has 2 heteroatoms. The van der Waals surface area contributed by atoms with Gasteiger partial charge in [-0.1, -0.05) is 0 Å². The summed E-state index contributed by atoms with van der Waals surface area (Å²) in [6, 6.07) is 5.10. The van der Waals surface area contributed by atoms with Crippen LogP contribution in [0.25, 0.3) is 0 Å². The van der Waals surface area contributed by atoms with E-state index in [1.54, 1.807) is 12.1 Å². The molecular weight excluding hydrogens is 124 g/mol. The van der Waals surface area contributed by atoms with Gasteiger partial charge in [0.25, 0.3) is 0 Å². The Bertz CT molecular complexity index is 265. The second kappa shape index (κ2) is 2.66. The molecule has 0 spiro atoms. The monoisotopic (exact) mass is 127 g/mol. The van der Waals surface area contributed by atoms with E-state index in [0.717, 1.165) is 0 Å². The van der Waals surface area contributed by atoms with E-state index in [1.165, 1.54) is 6.20 Å². The molecule has 10 heavy (non-hydrogen) atoms. The van der Waals surface area contributed by atoms with Crippen LogP contribution < -0.4 is 0 Å². The molecule has 1 radical (unpaired) electrons. The van der Waals surface area contributed by atoms with Crippen molar-refractivity contribution in [3.63, 3.8) is 0 Å². The van der Waals surface area contributed by atoms with Crippen molar-refractivity contribution < 1.29 is 0 Å². The van der Waals surface area contributed by atoms with E-state index in [2.05, 4.69) is 10.9 Å². The van der Waals surface area contributed by atoms with Gasteiger partial charge < -0.3 is 0 Å². The van der Waals surface area contributed by atoms with Gasteiger partial charge in [-0.25, -0.2) is 4.98 Å². The van der Waals surface area contributed by atoms with Crippen molar-refractivity contribution in [3.8, 4) is 12.0 Å². The molecule has 0 atom stereocenters. The van der Waals surface area contributed by atoms with E-state index in [0.29, 0.717) is 11.3 Å². The van der Waals surface area contributed by atoms with Crippen LogP contribution in [0.4, 0.5) is 0 Å². The topological polar surface area (TPSA) is 36.7 Å². The van der Waals surface area contributed by atoms with E-state index in [9.17, 15) is 0 Å². The summed E-state index contributed by atoms with van der Waals surface area (Å²) in [5.74, 6) is 2.11. The van der Waals surface area contributed by atoms with Crippen LogP contribution in [0.1, 0.15) is 11.3 Å². The predicted molar refractivity (Wildman–Crippen MR) is 35.2 cm³/mol. The van der Waals surface area contributed by atoms with Gasteiger partial charge in [-0.05, 0) is 24.5 Å². The smallest absolute Gasteiger partial charge is 0.114 e. The standard InChI is InChI=1S/C8H3N2/c1-2-8-4-3-7(5-9)6-10-8/h3-4,6H. The van der Waals surface area contributed by atoms with Crippen molar-refractivity contribution in [1.29, 1.82) is 5.26 Å². The molecule has 1 heterocycles. The Balaban J connectivity index is 3.08. The summed E-state index contributed by atoms with van der Waals surface area (Å²) >= 11 is 0. The highest BCUT2D eigenvalue weighted by Crippen LogP contribution is 1.95. The van der Waals surface area contributed by atoms with Crippen LogP contribution in [0.2, 0.25) is 0 Å². The zero-order chi connectivity index (χ0) is 7.40. The molecule has 0 aliphatic rings. The van der Waals surface area contributed by atoms with Gasteiger partial charge in [-0.3, -0.25) is 0 Å². The first-order valence-corrected chi connectivity index (χ1v) is 2.65.